The number of nitrogens with zero attached hydrogens (tertiary/aromatic N) is 1. The topological polar surface area (TPSA) is 29.3 Å². The molecule has 4 atom stereocenters. The molecular formula is C14H25F3N2. The maximum absolute atomic E-state index is 12.9. The van der Waals surface area contributed by atoms with Gasteiger partial charge in [-0.15, -0.1) is 0 Å². The van der Waals surface area contributed by atoms with Crippen LogP contribution in [-0.4, -0.2) is 36.8 Å². The van der Waals surface area contributed by atoms with Crippen molar-refractivity contribution in [3.05, 3.63) is 0 Å². The van der Waals surface area contributed by atoms with Gasteiger partial charge in [-0.2, -0.15) is 13.2 Å². The molecule has 0 aromatic rings. The van der Waals surface area contributed by atoms with Crippen LogP contribution in [0.25, 0.3) is 0 Å². The second-order valence-corrected chi connectivity index (χ2v) is 6.22. The summed E-state index contributed by atoms with van der Waals surface area (Å²) >= 11 is 0. The van der Waals surface area contributed by atoms with E-state index in [9.17, 15) is 13.2 Å². The number of nitrogens with two attached hydrogens (primary N) is 1. The first kappa shape index (κ1) is 15.1. The van der Waals surface area contributed by atoms with Crippen LogP contribution < -0.4 is 5.73 Å². The molecule has 2 nitrogen and oxygen atoms in total. The summed E-state index contributed by atoms with van der Waals surface area (Å²) in [5, 5.41) is 0. The molecule has 0 saturated heterocycles. The molecule has 2 saturated carbocycles. The van der Waals surface area contributed by atoms with Crippen LogP contribution in [-0.2, 0) is 0 Å². The molecule has 2 aliphatic rings. The number of hydrogen-bond donors (Lipinski definition) is 1. The molecule has 0 spiro atoms. The van der Waals surface area contributed by atoms with Gasteiger partial charge in [0.15, 0.2) is 0 Å². The van der Waals surface area contributed by atoms with E-state index in [1.54, 1.807) is 0 Å². The second kappa shape index (κ2) is 6.00. The van der Waals surface area contributed by atoms with Gasteiger partial charge in [0.05, 0.1) is 5.92 Å². The Morgan fingerprint density at radius 3 is 2.42 bits per heavy atom. The fraction of sp³-hybridized carbons (Fsp3) is 1.00. The molecule has 0 bridgehead atoms. The lowest BCUT2D eigenvalue weighted by Crippen LogP contribution is -2.47. The summed E-state index contributed by atoms with van der Waals surface area (Å²) in [6.45, 7) is 0.657. The van der Waals surface area contributed by atoms with Crippen molar-refractivity contribution < 1.29 is 13.2 Å². The Hall–Kier alpha value is -0.290. The molecule has 0 aromatic carbocycles. The van der Waals surface area contributed by atoms with Crippen LogP contribution >= 0.6 is 0 Å². The van der Waals surface area contributed by atoms with Gasteiger partial charge in [0.1, 0.15) is 0 Å². The molecule has 2 rings (SSSR count). The lowest BCUT2D eigenvalue weighted by Gasteiger charge is -2.40. The normalized spacial score (nSPS) is 36.9. The zero-order valence-electron chi connectivity index (χ0n) is 11.6. The van der Waals surface area contributed by atoms with Gasteiger partial charge in [0.2, 0.25) is 0 Å². The van der Waals surface area contributed by atoms with Crippen molar-refractivity contribution in [1.29, 1.82) is 0 Å². The molecule has 5 heteroatoms. The number of alkyl halides is 3. The third kappa shape index (κ3) is 3.43. The highest BCUT2D eigenvalue weighted by atomic mass is 19.4. The van der Waals surface area contributed by atoms with Gasteiger partial charge >= 0.3 is 6.18 Å². The predicted octanol–water partition coefficient (Wildman–Crippen LogP) is 3.17. The third-order valence-corrected chi connectivity index (χ3v) is 5.13. The number of halogens is 3. The molecule has 19 heavy (non-hydrogen) atoms. The van der Waals surface area contributed by atoms with Crippen LogP contribution in [0.15, 0.2) is 0 Å². The quantitative estimate of drug-likeness (QED) is 0.859. The second-order valence-electron chi connectivity index (χ2n) is 6.22. The summed E-state index contributed by atoms with van der Waals surface area (Å²) in [6, 6.07) is 0.472. The van der Waals surface area contributed by atoms with Crippen molar-refractivity contribution in [1.82, 2.24) is 4.90 Å². The van der Waals surface area contributed by atoms with E-state index in [0.717, 1.165) is 25.7 Å². The SMILES string of the molecule is CN(C1CCCC(C(F)(F)F)C1)C1CCCC1CN. The molecule has 2 fully saturated rings. The largest absolute Gasteiger partial charge is 0.391 e. The number of hydrogen-bond acceptors (Lipinski definition) is 2. The minimum atomic E-state index is -4.03. The van der Waals surface area contributed by atoms with Crippen molar-refractivity contribution >= 4 is 0 Å². The molecule has 0 aromatic heterocycles. The van der Waals surface area contributed by atoms with Gasteiger partial charge in [-0.3, -0.25) is 0 Å². The monoisotopic (exact) mass is 278 g/mol. The lowest BCUT2D eigenvalue weighted by molar-refractivity contribution is -0.187. The Labute approximate surface area is 113 Å². The van der Waals surface area contributed by atoms with E-state index in [2.05, 4.69) is 4.90 Å². The smallest absolute Gasteiger partial charge is 0.330 e. The highest BCUT2D eigenvalue weighted by molar-refractivity contribution is 4.90. The van der Waals surface area contributed by atoms with Crippen LogP contribution in [0.4, 0.5) is 13.2 Å². The van der Waals surface area contributed by atoms with E-state index in [1.165, 1.54) is 0 Å². The summed E-state index contributed by atoms with van der Waals surface area (Å²) in [7, 11) is 2.00. The van der Waals surface area contributed by atoms with Crippen LogP contribution in [0.3, 0.4) is 0 Å². The fourth-order valence-electron chi connectivity index (χ4n) is 3.93. The van der Waals surface area contributed by atoms with Gasteiger partial charge in [-0.25, -0.2) is 0 Å². The highest BCUT2D eigenvalue weighted by Crippen LogP contribution is 2.40. The van der Waals surface area contributed by atoms with E-state index < -0.39 is 12.1 Å². The van der Waals surface area contributed by atoms with E-state index in [0.29, 0.717) is 31.3 Å². The van der Waals surface area contributed by atoms with Crippen LogP contribution in [0.2, 0.25) is 0 Å². The maximum atomic E-state index is 12.9. The zero-order chi connectivity index (χ0) is 14.0. The summed E-state index contributed by atoms with van der Waals surface area (Å²) in [6.07, 6.45) is 1.52. The maximum Gasteiger partial charge on any atom is 0.391 e. The standard InChI is InChI=1S/C14H25F3N2/c1-19(13-7-2-4-10(13)9-18)12-6-3-5-11(8-12)14(15,16)17/h10-13H,2-9,18H2,1H3. The lowest BCUT2D eigenvalue weighted by atomic mass is 9.83. The van der Waals surface area contributed by atoms with Crippen molar-refractivity contribution in [2.24, 2.45) is 17.6 Å². The number of rotatable bonds is 3. The van der Waals surface area contributed by atoms with E-state index >= 15 is 0 Å². The summed E-state index contributed by atoms with van der Waals surface area (Å²) in [4.78, 5) is 2.21. The minimum Gasteiger partial charge on any atom is -0.330 e. The molecule has 4 unspecified atom stereocenters. The third-order valence-electron chi connectivity index (χ3n) is 5.13. The van der Waals surface area contributed by atoms with Gasteiger partial charge in [0, 0.05) is 12.1 Å². The van der Waals surface area contributed by atoms with E-state index in [1.807, 2.05) is 7.05 Å². The zero-order valence-corrected chi connectivity index (χ0v) is 11.6. The molecule has 112 valence electrons. The van der Waals surface area contributed by atoms with Gasteiger partial charge in [-0.1, -0.05) is 12.8 Å². The molecule has 0 radical (unpaired) electrons. The summed E-state index contributed by atoms with van der Waals surface area (Å²) in [5.74, 6) is -0.636. The Morgan fingerprint density at radius 2 is 1.79 bits per heavy atom. The first-order valence-corrected chi connectivity index (χ1v) is 7.42. The first-order chi connectivity index (χ1) is 8.93. The van der Waals surface area contributed by atoms with Crippen molar-refractivity contribution in [2.45, 2.75) is 63.2 Å². The van der Waals surface area contributed by atoms with Crippen molar-refractivity contribution in [3.8, 4) is 0 Å². The average Bonchev–Trinajstić information content (AvgIpc) is 2.85. The fourth-order valence-corrected chi connectivity index (χ4v) is 3.93. The Bertz CT molecular complexity index is 293. The van der Waals surface area contributed by atoms with E-state index in [-0.39, 0.29) is 12.5 Å². The molecule has 0 amide bonds. The molecule has 2 N–H and O–H groups in total. The Morgan fingerprint density at radius 1 is 1.11 bits per heavy atom. The first-order valence-electron chi connectivity index (χ1n) is 7.42. The van der Waals surface area contributed by atoms with Gasteiger partial charge in [0.25, 0.3) is 0 Å². The van der Waals surface area contributed by atoms with Gasteiger partial charge in [-0.05, 0) is 51.6 Å². The highest BCUT2D eigenvalue weighted by Gasteiger charge is 2.44. The molecule has 2 aliphatic carbocycles. The van der Waals surface area contributed by atoms with Gasteiger partial charge < -0.3 is 10.6 Å². The molecular weight excluding hydrogens is 253 g/mol. The molecule has 0 heterocycles. The predicted molar refractivity (Wildman–Crippen MR) is 69.7 cm³/mol. The Kier molecular flexibility index (Phi) is 4.77. The van der Waals surface area contributed by atoms with Crippen molar-refractivity contribution in [2.75, 3.05) is 13.6 Å². The van der Waals surface area contributed by atoms with Crippen LogP contribution in [0.1, 0.15) is 44.9 Å². The van der Waals surface area contributed by atoms with E-state index in [4.69, 9.17) is 5.73 Å². The Balaban J connectivity index is 1.97. The molecule has 0 aliphatic heterocycles. The van der Waals surface area contributed by atoms with Crippen LogP contribution in [0.5, 0.6) is 0 Å². The summed E-state index contributed by atoms with van der Waals surface area (Å²) in [5.41, 5.74) is 5.78. The minimum absolute atomic E-state index is 0.0810. The van der Waals surface area contributed by atoms with Crippen LogP contribution in [0, 0.1) is 11.8 Å². The average molecular weight is 278 g/mol. The summed E-state index contributed by atoms with van der Waals surface area (Å²) < 4.78 is 38.6. The van der Waals surface area contributed by atoms with Crippen molar-refractivity contribution in [3.63, 3.8) is 0 Å².